The minimum absolute atomic E-state index is 0.233. The van der Waals surface area contributed by atoms with E-state index in [2.05, 4.69) is 32.6 Å². The van der Waals surface area contributed by atoms with E-state index >= 15 is 0 Å². The highest BCUT2D eigenvalue weighted by Crippen LogP contribution is 2.21. The van der Waals surface area contributed by atoms with Gasteiger partial charge < -0.3 is 10.1 Å². The zero-order chi connectivity index (χ0) is 16.3. The molecule has 4 nitrogen and oxygen atoms in total. The van der Waals surface area contributed by atoms with Crippen molar-refractivity contribution < 1.29 is 14.3 Å². The van der Waals surface area contributed by atoms with Crippen LogP contribution in [-0.4, -0.2) is 19.0 Å². The smallest absolute Gasteiger partial charge is 0.337 e. The van der Waals surface area contributed by atoms with Crippen LogP contribution in [0.5, 0.6) is 0 Å². The van der Waals surface area contributed by atoms with Crippen LogP contribution in [0.15, 0.2) is 36.4 Å². The van der Waals surface area contributed by atoms with Crippen molar-refractivity contribution in [2.24, 2.45) is 0 Å². The molecule has 1 amide bonds. The first-order valence-electron chi connectivity index (χ1n) is 6.37. The van der Waals surface area contributed by atoms with Crippen LogP contribution in [0.3, 0.4) is 0 Å². The Balaban J connectivity index is 2.21. The molecule has 0 atom stereocenters. The van der Waals surface area contributed by atoms with Gasteiger partial charge in [0.1, 0.15) is 0 Å². The monoisotopic (exact) mass is 429 g/mol. The fraction of sp³-hybridized carbons (Fsp3) is 0.125. The Morgan fingerprint density at radius 1 is 1.14 bits per heavy atom. The maximum Gasteiger partial charge on any atom is 0.337 e. The maximum atomic E-state index is 12.3. The van der Waals surface area contributed by atoms with Gasteiger partial charge in [0.15, 0.2) is 0 Å². The molecule has 0 saturated heterocycles. The van der Waals surface area contributed by atoms with E-state index in [4.69, 9.17) is 11.6 Å². The topological polar surface area (TPSA) is 55.4 Å². The second kappa shape index (κ2) is 7.11. The Kier molecular flexibility index (Phi) is 5.42. The van der Waals surface area contributed by atoms with Crippen molar-refractivity contribution in [3.63, 3.8) is 0 Å². The first-order chi connectivity index (χ1) is 10.4. The van der Waals surface area contributed by atoms with E-state index in [0.717, 1.165) is 9.13 Å². The molecule has 2 aromatic rings. The number of carbonyl (C=O) groups is 2. The molecule has 0 aliphatic rings. The van der Waals surface area contributed by atoms with E-state index in [0.29, 0.717) is 21.8 Å². The van der Waals surface area contributed by atoms with Crippen LogP contribution < -0.4 is 5.32 Å². The molecule has 0 aliphatic heterocycles. The van der Waals surface area contributed by atoms with Gasteiger partial charge in [-0.25, -0.2) is 4.79 Å². The van der Waals surface area contributed by atoms with Crippen molar-refractivity contribution in [2.45, 2.75) is 6.92 Å². The second-order valence-corrected chi connectivity index (χ2v) is 6.17. The maximum absolute atomic E-state index is 12.3. The molecule has 0 aliphatic carbocycles. The minimum Gasteiger partial charge on any atom is -0.465 e. The van der Waals surface area contributed by atoms with E-state index in [9.17, 15) is 9.59 Å². The fourth-order valence-electron chi connectivity index (χ4n) is 1.88. The highest BCUT2D eigenvalue weighted by molar-refractivity contribution is 14.1. The summed E-state index contributed by atoms with van der Waals surface area (Å²) < 4.78 is 5.48. The number of benzene rings is 2. The molecule has 1 N–H and O–H groups in total. The number of hydrogen-bond acceptors (Lipinski definition) is 3. The Labute approximate surface area is 146 Å². The van der Waals surface area contributed by atoms with Crippen LogP contribution >= 0.6 is 34.2 Å². The van der Waals surface area contributed by atoms with Crippen molar-refractivity contribution in [1.82, 2.24) is 0 Å². The Hall–Kier alpha value is -1.60. The lowest BCUT2D eigenvalue weighted by Gasteiger charge is -2.10. The molecular formula is C16H13ClINO3. The molecule has 2 aromatic carbocycles. The Bertz CT molecular complexity index is 746. The summed E-state index contributed by atoms with van der Waals surface area (Å²) in [6.07, 6.45) is 0. The third-order valence-corrected chi connectivity index (χ3v) is 4.62. The number of halogens is 2. The minimum atomic E-state index is -0.409. The summed E-state index contributed by atoms with van der Waals surface area (Å²) in [5.74, 6) is -0.642. The molecule has 0 heterocycles. The number of rotatable bonds is 3. The highest BCUT2D eigenvalue weighted by Gasteiger charge is 2.12. The van der Waals surface area contributed by atoms with E-state index in [-0.39, 0.29) is 5.91 Å². The van der Waals surface area contributed by atoms with E-state index < -0.39 is 5.97 Å². The number of methoxy groups -OCH3 is 1. The summed E-state index contributed by atoms with van der Waals surface area (Å²) in [6.45, 7) is 1.81. The lowest BCUT2D eigenvalue weighted by Crippen LogP contribution is -2.13. The van der Waals surface area contributed by atoms with Crippen LogP contribution in [0.1, 0.15) is 26.3 Å². The van der Waals surface area contributed by atoms with Gasteiger partial charge in [0.2, 0.25) is 0 Å². The molecule has 22 heavy (non-hydrogen) atoms. The number of esters is 1. The number of ether oxygens (including phenoxy) is 1. The summed E-state index contributed by atoms with van der Waals surface area (Å²) in [4.78, 5) is 23.7. The van der Waals surface area contributed by atoms with Crippen molar-refractivity contribution in [3.8, 4) is 0 Å². The molecule has 0 saturated carbocycles. The molecular weight excluding hydrogens is 417 g/mol. The van der Waals surface area contributed by atoms with E-state index in [1.165, 1.54) is 7.11 Å². The van der Waals surface area contributed by atoms with Gasteiger partial charge in [-0.3, -0.25) is 4.79 Å². The highest BCUT2D eigenvalue weighted by atomic mass is 127. The number of hydrogen-bond donors (Lipinski definition) is 1. The number of nitrogens with one attached hydrogen (secondary N) is 1. The molecule has 114 valence electrons. The zero-order valence-electron chi connectivity index (χ0n) is 11.9. The zero-order valence-corrected chi connectivity index (χ0v) is 14.9. The Morgan fingerprint density at radius 3 is 2.41 bits per heavy atom. The summed E-state index contributed by atoms with van der Waals surface area (Å²) >= 11 is 8.02. The van der Waals surface area contributed by atoms with Gasteiger partial charge in [0.05, 0.1) is 17.7 Å². The molecule has 0 aromatic heterocycles. The second-order valence-electron chi connectivity index (χ2n) is 4.60. The first-order valence-corrected chi connectivity index (χ1v) is 7.83. The van der Waals surface area contributed by atoms with Crippen molar-refractivity contribution in [3.05, 3.63) is 61.7 Å². The SMILES string of the molecule is COC(=O)c1ccc(NC(=O)c2ccc(Cl)c(I)c2)c(C)c1. The van der Waals surface area contributed by atoms with Crippen LogP contribution in [-0.2, 0) is 4.74 Å². The Morgan fingerprint density at radius 2 is 1.82 bits per heavy atom. The number of amides is 1. The van der Waals surface area contributed by atoms with Crippen molar-refractivity contribution in [1.29, 1.82) is 0 Å². The van der Waals surface area contributed by atoms with Crippen molar-refractivity contribution >= 4 is 51.8 Å². The molecule has 0 fully saturated rings. The van der Waals surface area contributed by atoms with Gasteiger partial charge in [0, 0.05) is 14.8 Å². The van der Waals surface area contributed by atoms with E-state index in [1.807, 2.05) is 6.92 Å². The quantitative estimate of drug-likeness (QED) is 0.585. The molecule has 0 spiro atoms. The van der Waals surface area contributed by atoms with Crippen LogP contribution in [0.4, 0.5) is 5.69 Å². The van der Waals surface area contributed by atoms with Gasteiger partial charge >= 0.3 is 5.97 Å². The summed E-state index contributed by atoms with van der Waals surface area (Å²) in [5.41, 5.74) is 2.38. The van der Waals surface area contributed by atoms with Gasteiger partial charge in [0.25, 0.3) is 5.91 Å². The molecule has 6 heteroatoms. The average Bonchev–Trinajstić information content (AvgIpc) is 2.51. The molecule has 2 rings (SSSR count). The van der Waals surface area contributed by atoms with Crippen molar-refractivity contribution in [2.75, 3.05) is 12.4 Å². The first kappa shape index (κ1) is 16.8. The molecule has 0 radical (unpaired) electrons. The third-order valence-electron chi connectivity index (χ3n) is 3.08. The van der Waals surface area contributed by atoms with Crippen LogP contribution in [0.2, 0.25) is 5.02 Å². The van der Waals surface area contributed by atoms with E-state index in [1.54, 1.807) is 36.4 Å². The third kappa shape index (κ3) is 3.78. The van der Waals surface area contributed by atoms with Gasteiger partial charge in [-0.15, -0.1) is 0 Å². The van der Waals surface area contributed by atoms with Crippen LogP contribution in [0, 0.1) is 10.5 Å². The summed E-state index contributed by atoms with van der Waals surface area (Å²) in [5, 5.41) is 3.43. The molecule has 0 bridgehead atoms. The van der Waals surface area contributed by atoms with Gasteiger partial charge in [-0.2, -0.15) is 0 Å². The van der Waals surface area contributed by atoms with Gasteiger partial charge in [-0.05, 0) is 71.5 Å². The number of anilines is 1. The fourth-order valence-corrected chi connectivity index (χ4v) is 2.51. The molecule has 0 unspecified atom stereocenters. The largest absolute Gasteiger partial charge is 0.465 e. The average molecular weight is 430 g/mol. The lowest BCUT2D eigenvalue weighted by molar-refractivity contribution is 0.0600. The summed E-state index contributed by atoms with van der Waals surface area (Å²) in [7, 11) is 1.33. The normalized spacial score (nSPS) is 10.2. The van der Waals surface area contributed by atoms with Crippen LogP contribution in [0.25, 0.3) is 0 Å². The predicted octanol–water partition coefficient (Wildman–Crippen LogP) is 4.29. The predicted molar refractivity (Wildman–Crippen MR) is 94.6 cm³/mol. The number of aryl methyl sites for hydroxylation is 1. The number of carbonyl (C=O) groups excluding carboxylic acids is 2. The van der Waals surface area contributed by atoms with Gasteiger partial charge in [-0.1, -0.05) is 11.6 Å². The standard InChI is InChI=1S/C16H13ClINO3/c1-9-7-11(16(21)22-2)4-6-14(9)19-15(20)10-3-5-12(17)13(18)8-10/h3-8H,1-2H3,(H,19,20). The lowest BCUT2D eigenvalue weighted by atomic mass is 10.1. The summed E-state index contributed by atoms with van der Waals surface area (Å²) in [6, 6.07) is 10.0.